The van der Waals surface area contributed by atoms with Crippen molar-refractivity contribution in [2.24, 2.45) is 11.8 Å². The van der Waals surface area contributed by atoms with E-state index in [0.717, 1.165) is 6.42 Å². The first kappa shape index (κ1) is 18.9. The summed E-state index contributed by atoms with van der Waals surface area (Å²) < 4.78 is 27.0. The molecule has 1 fully saturated rings. The normalized spacial score (nSPS) is 22.2. The van der Waals surface area contributed by atoms with E-state index in [4.69, 9.17) is 5.11 Å². The summed E-state index contributed by atoms with van der Waals surface area (Å²) in [6.45, 7) is 3.10. The van der Waals surface area contributed by atoms with Crippen LogP contribution >= 0.6 is 0 Å². The van der Waals surface area contributed by atoms with Crippen LogP contribution in [0.2, 0.25) is 0 Å². The van der Waals surface area contributed by atoms with Crippen LogP contribution in [0, 0.1) is 11.8 Å². The lowest BCUT2D eigenvalue weighted by Gasteiger charge is -2.37. The molecule has 24 heavy (non-hydrogen) atoms. The van der Waals surface area contributed by atoms with Crippen LogP contribution in [0.1, 0.15) is 26.2 Å². The maximum absolute atomic E-state index is 12.7. The molecule has 1 heterocycles. The number of piperidine rings is 1. The molecule has 2 rings (SSSR count). The summed E-state index contributed by atoms with van der Waals surface area (Å²) in [4.78, 5) is 12.2. The molecule has 1 aliphatic heterocycles. The zero-order valence-corrected chi connectivity index (χ0v) is 14.8. The molecule has 1 saturated heterocycles. The van der Waals surface area contributed by atoms with Crippen molar-refractivity contribution in [3.05, 3.63) is 30.3 Å². The SMILES string of the molecule is CCC1CN(S(=O)(=O)c2ccccc2)CCC1CC(=O)NCCO. The highest BCUT2D eigenvalue weighted by atomic mass is 32.2. The second kappa shape index (κ2) is 8.60. The predicted octanol–water partition coefficient (Wildman–Crippen LogP) is 1.22. The molecule has 0 bridgehead atoms. The van der Waals surface area contributed by atoms with Gasteiger partial charge in [0, 0.05) is 26.1 Å². The minimum absolute atomic E-state index is 0.0727. The fourth-order valence-corrected chi connectivity index (χ4v) is 4.78. The Morgan fingerprint density at radius 1 is 1.29 bits per heavy atom. The first-order valence-corrected chi connectivity index (χ1v) is 9.85. The van der Waals surface area contributed by atoms with E-state index in [-0.39, 0.29) is 30.9 Å². The monoisotopic (exact) mass is 354 g/mol. The van der Waals surface area contributed by atoms with Crippen molar-refractivity contribution in [2.75, 3.05) is 26.2 Å². The van der Waals surface area contributed by atoms with Gasteiger partial charge in [-0.05, 0) is 30.4 Å². The number of hydrogen-bond acceptors (Lipinski definition) is 4. The summed E-state index contributed by atoms with van der Waals surface area (Å²) in [5.41, 5.74) is 0. The average Bonchev–Trinajstić information content (AvgIpc) is 2.60. The second-order valence-corrected chi connectivity index (χ2v) is 8.11. The van der Waals surface area contributed by atoms with Crippen LogP contribution in [0.25, 0.3) is 0 Å². The fraction of sp³-hybridized carbons (Fsp3) is 0.588. The van der Waals surface area contributed by atoms with Crippen molar-refractivity contribution in [2.45, 2.75) is 31.1 Å². The molecule has 2 atom stereocenters. The molecule has 1 amide bonds. The van der Waals surface area contributed by atoms with E-state index in [1.807, 2.05) is 6.92 Å². The number of amides is 1. The van der Waals surface area contributed by atoms with Gasteiger partial charge in [0.25, 0.3) is 0 Å². The Balaban J connectivity index is 2.03. The number of aliphatic hydroxyl groups is 1. The Morgan fingerprint density at radius 2 is 2.00 bits per heavy atom. The fourth-order valence-electron chi connectivity index (χ4n) is 3.24. The predicted molar refractivity (Wildman–Crippen MR) is 91.8 cm³/mol. The van der Waals surface area contributed by atoms with Crippen LogP contribution in [0.3, 0.4) is 0 Å². The van der Waals surface area contributed by atoms with Gasteiger partial charge in [-0.2, -0.15) is 4.31 Å². The van der Waals surface area contributed by atoms with Crippen molar-refractivity contribution in [3.8, 4) is 0 Å². The Labute approximate surface area is 143 Å². The Kier molecular flexibility index (Phi) is 6.77. The molecule has 0 radical (unpaired) electrons. The third kappa shape index (κ3) is 4.55. The van der Waals surface area contributed by atoms with E-state index in [1.165, 1.54) is 0 Å². The van der Waals surface area contributed by atoms with Crippen LogP contribution in [-0.2, 0) is 14.8 Å². The molecule has 0 aromatic heterocycles. The smallest absolute Gasteiger partial charge is 0.243 e. The van der Waals surface area contributed by atoms with Gasteiger partial charge in [-0.1, -0.05) is 31.5 Å². The summed E-state index contributed by atoms with van der Waals surface area (Å²) in [5.74, 6) is 0.264. The number of aliphatic hydroxyl groups excluding tert-OH is 1. The first-order valence-electron chi connectivity index (χ1n) is 8.41. The highest BCUT2D eigenvalue weighted by molar-refractivity contribution is 7.89. The highest BCUT2D eigenvalue weighted by Gasteiger charge is 2.35. The minimum atomic E-state index is -3.47. The second-order valence-electron chi connectivity index (χ2n) is 6.17. The van der Waals surface area contributed by atoms with Gasteiger partial charge in [-0.15, -0.1) is 0 Å². The molecular formula is C17H26N2O4S. The van der Waals surface area contributed by atoms with Crippen LogP contribution in [0.4, 0.5) is 0 Å². The number of sulfonamides is 1. The first-order chi connectivity index (χ1) is 11.5. The quantitative estimate of drug-likeness (QED) is 0.771. The van der Waals surface area contributed by atoms with Gasteiger partial charge in [0.05, 0.1) is 11.5 Å². The molecule has 0 aliphatic carbocycles. The third-order valence-corrected chi connectivity index (χ3v) is 6.52. The maximum Gasteiger partial charge on any atom is 0.243 e. The summed E-state index contributed by atoms with van der Waals surface area (Å²) >= 11 is 0. The molecule has 2 unspecified atom stereocenters. The number of nitrogens with zero attached hydrogens (tertiary/aromatic N) is 1. The van der Waals surface area contributed by atoms with Gasteiger partial charge in [0.1, 0.15) is 0 Å². The lowest BCUT2D eigenvalue weighted by molar-refractivity contribution is -0.122. The van der Waals surface area contributed by atoms with Gasteiger partial charge in [-0.25, -0.2) is 8.42 Å². The van der Waals surface area contributed by atoms with E-state index in [2.05, 4.69) is 5.32 Å². The standard InChI is InChI=1S/C17H26N2O4S/c1-2-14-13-19(24(22,23)16-6-4-3-5-7-16)10-8-15(14)12-17(21)18-9-11-20/h3-7,14-15,20H,2,8-13H2,1H3,(H,18,21). The zero-order valence-electron chi connectivity index (χ0n) is 14.0. The number of carbonyl (C=O) groups excluding carboxylic acids is 1. The topological polar surface area (TPSA) is 86.7 Å². The van der Waals surface area contributed by atoms with Gasteiger partial charge in [0.15, 0.2) is 0 Å². The van der Waals surface area contributed by atoms with E-state index < -0.39 is 10.0 Å². The van der Waals surface area contributed by atoms with E-state index in [1.54, 1.807) is 34.6 Å². The van der Waals surface area contributed by atoms with Gasteiger partial charge < -0.3 is 10.4 Å². The van der Waals surface area contributed by atoms with Crippen molar-refractivity contribution in [1.82, 2.24) is 9.62 Å². The van der Waals surface area contributed by atoms with Gasteiger partial charge in [0.2, 0.25) is 15.9 Å². The molecule has 7 heteroatoms. The molecule has 0 spiro atoms. The lowest BCUT2D eigenvalue weighted by Crippen LogP contribution is -2.44. The number of rotatable bonds is 7. The Hall–Kier alpha value is -1.44. The number of benzene rings is 1. The molecule has 1 aliphatic rings. The summed E-state index contributed by atoms with van der Waals surface area (Å²) in [7, 11) is -3.47. The zero-order chi connectivity index (χ0) is 17.6. The van der Waals surface area contributed by atoms with Crippen molar-refractivity contribution >= 4 is 15.9 Å². The molecule has 1 aromatic carbocycles. The summed E-state index contributed by atoms with van der Waals surface area (Å²) in [6, 6.07) is 8.48. The van der Waals surface area contributed by atoms with E-state index in [0.29, 0.717) is 30.8 Å². The van der Waals surface area contributed by atoms with Crippen LogP contribution in [0.15, 0.2) is 35.2 Å². The maximum atomic E-state index is 12.7. The number of nitrogens with one attached hydrogen (secondary N) is 1. The Morgan fingerprint density at radius 3 is 2.62 bits per heavy atom. The molecule has 134 valence electrons. The van der Waals surface area contributed by atoms with E-state index in [9.17, 15) is 13.2 Å². The largest absolute Gasteiger partial charge is 0.395 e. The summed E-state index contributed by atoms with van der Waals surface area (Å²) in [6.07, 6.45) is 1.90. The number of carbonyl (C=O) groups is 1. The van der Waals surface area contributed by atoms with Crippen LogP contribution in [-0.4, -0.2) is 50.0 Å². The lowest BCUT2D eigenvalue weighted by atomic mass is 9.82. The third-order valence-electron chi connectivity index (χ3n) is 4.64. The van der Waals surface area contributed by atoms with Crippen molar-refractivity contribution in [3.63, 3.8) is 0 Å². The van der Waals surface area contributed by atoms with Gasteiger partial charge in [-0.3, -0.25) is 4.79 Å². The van der Waals surface area contributed by atoms with Crippen LogP contribution < -0.4 is 5.32 Å². The molecule has 2 N–H and O–H groups in total. The van der Waals surface area contributed by atoms with Crippen molar-refractivity contribution in [1.29, 1.82) is 0 Å². The molecule has 1 aromatic rings. The highest BCUT2D eigenvalue weighted by Crippen LogP contribution is 2.31. The average molecular weight is 354 g/mol. The van der Waals surface area contributed by atoms with Crippen molar-refractivity contribution < 1.29 is 18.3 Å². The molecule has 6 nitrogen and oxygen atoms in total. The Bertz CT molecular complexity index is 633. The van der Waals surface area contributed by atoms with E-state index >= 15 is 0 Å². The van der Waals surface area contributed by atoms with Gasteiger partial charge >= 0.3 is 0 Å². The molecule has 0 saturated carbocycles. The minimum Gasteiger partial charge on any atom is -0.395 e. The molecular weight excluding hydrogens is 328 g/mol. The summed E-state index contributed by atoms with van der Waals surface area (Å²) in [5, 5.41) is 11.4. The number of hydrogen-bond donors (Lipinski definition) is 2. The van der Waals surface area contributed by atoms with Crippen LogP contribution in [0.5, 0.6) is 0 Å².